The second kappa shape index (κ2) is 28.8. The second-order valence-electron chi connectivity index (χ2n) is 32.6. The molecule has 0 radical (unpaired) electrons. The van der Waals surface area contributed by atoms with E-state index < -0.39 is 0 Å². The third-order valence-corrected chi connectivity index (χ3v) is 17.1. The van der Waals surface area contributed by atoms with Gasteiger partial charge in [0.1, 0.15) is 0 Å². The van der Waals surface area contributed by atoms with Crippen LogP contribution in [-0.2, 0) is 75.0 Å². The summed E-state index contributed by atoms with van der Waals surface area (Å²) in [6.07, 6.45) is 8.97. The van der Waals surface area contributed by atoms with Crippen LogP contribution in [-0.4, -0.2) is 58.9 Å². The van der Waals surface area contributed by atoms with Gasteiger partial charge in [-0.3, -0.25) is 0 Å². The van der Waals surface area contributed by atoms with Crippen LogP contribution >= 0.6 is 0 Å². The zero-order valence-electron chi connectivity index (χ0n) is 56.6. The van der Waals surface area contributed by atoms with Gasteiger partial charge in [0.25, 0.3) is 0 Å². The largest absolute Gasteiger partial charge is 3.00 e. The van der Waals surface area contributed by atoms with Crippen molar-refractivity contribution in [2.45, 2.75) is 311 Å². The molecule has 2 saturated carbocycles. The van der Waals surface area contributed by atoms with E-state index in [-0.39, 0.29) is 131 Å². The Labute approximate surface area is 528 Å². The predicted octanol–water partition coefficient (Wildman–Crippen LogP) is 13.5. The quantitative estimate of drug-likeness (QED) is 0.102. The fourth-order valence-corrected chi connectivity index (χ4v) is 11.4. The molecule has 2 aliphatic rings. The van der Waals surface area contributed by atoms with Gasteiger partial charge in [0.05, 0.1) is 0 Å². The zero-order valence-corrected chi connectivity index (χ0v) is 58.9. The van der Waals surface area contributed by atoms with Gasteiger partial charge in [-0.05, 0) is 136 Å². The molecule has 456 valence electrons. The summed E-state index contributed by atoms with van der Waals surface area (Å²) in [5, 5.41) is 69.2. The summed E-state index contributed by atoms with van der Waals surface area (Å²) in [6, 6.07) is 18.0. The Bertz CT molecular complexity index is 2360. The number of nitrogens with one attached hydrogen (secondary N) is 4. The van der Waals surface area contributed by atoms with Gasteiger partial charge in [-0.15, -0.1) is 23.0 Å². The maximum Gasteiger partial charge on any atom is 3.00 e. The Morgan fingerprint density at radius 3 is 0.578 bits per heavy atom. The third kappa shape index (κ3) is 20.5. The summed E-state index contributed by atoms with van der Waals surface area (Å²) in [4.78, 5) is 0. The fraction of sp³-hybridized carbons (Fsp3) is 0.667. The summed E-state index contributed by atoms with van der Waals surface area (Å²) in [7, 11) is 0. The van der Waals surface area contributed by atoms with Gasteiger partial charge in [0.2, 0.25) is 0 Å². The van der Waals surface area contributed by atoms with Crippen molar-refractivity contribution in [3.8, 4) is 23.0 Å². The van der Waals surface area contributed by atoms with Gasteiger partial charge in [0, 0.05) is 50.3 Å². The molecule has 9 nitrogen and oxygen atoms in total. The van der Waals surface area contributed by atoms with E-state index in [0.29, 0.717) is 26.2 Å². The van der Waals surface area contributed by atoms with Crippen molar-refractivity contribution in [3.05, 3.63) is 115 Å². The first-order valence-corrected chi connectivity index (χ1v) is 30.7. The molecule has 0 saturated heterocycles. The molecular formula is C72H112Al2N4O5. The molecule has 4 N–H and O–H groups in total. The van der Waals surface area contributed by atoms with Gasteiger partial charge >= 0.3 is 34.7 Å². The maximum absolute atomic E-state index is 13.5. The normalized spacial score (nSPS) is 18.5. The Morgan fingerprint density at radius 1 is 0.289 bits per heavy atom. The number of hydrogen-bond acceptors (Lipinski definition) is 8. The van der Waals surface area contributed by atoms with E-state index >= 15 is 0 Å². The van der Waals surface area contributed by atoms with E-state index in [1.54, 1.807) is 0 Å². The molecule has 6 rings (SSSR count). The van der Waals surface area contributed by atoms with E-state index in [1.165, 1.54) is 47.9 Å². The SMILES string of the molecule is CC(C)(C)c1cc(CN[C@@H]2CCCC[C@H]2NCc2cc(C(C)(C)C)cc(C(C)(C)C)c2[O-])c([O-])c(C(C)(C)C)c1.CC(C)(C)c1cc(CN[C@@H]2CCCC[C@H]2NCc2cc(C(C)(C)C)cc(C(C)(C)C)c2[O-])c([O-])c(C(C)(C)C)c1.[Al+3].[Al+3].[O-2]. The molecule has 0 unspecified atom stereocenters. The molecule has 4 aromatic rings. The van der Waals surface area contributed by atoms with Crippen molar-refractivity contribution in [1.29, 1.82) is 0 Å². The minimum atomic E-state index is -0.203. The van der Waals surface area contributed by atoms with Crippen molar-refractivity contribution in [1.82, 2.24) is 21.3 Å². The van der Waals surface area contributed by atoms with Crippen LogP contribution in [0.2, 0.25) is 0 Å². The topological polar surface area (TPSA) is 169 Å². The molecule has 0 amide bonds. The molecule has 4 aromatic carbocycles. The summed E-state index contributed by atoms with van der Waals surface area (Å²) in [5.74, 6) is 0.659. The minimum absolute atomic E-state index is 0. The molecule has 4 atom stereocenters. The van der Waals surface area contributed by atoms with Crippen molar-refractivity contribution in [3.63, 3.8) is 0 Å². The van der Waals surface area contributed by atoms with Crippen LogP contribution in [0.5, 0.6) is 23.0 Å². The summed E-state index contributed by atoms with van der Waals surface area (Å²) in [6.45, 7) is 54.3. The molecule has 0 aliphatic heterocycles. The Kier molecular flexibility index (Phi) is 26.4. The molecule has 0 heterocycles. The van der Waals surface area contributed by atoms with E-state index in [2.05, 4.69) is 236 Å². The number of hydrogen-bond donors (Lipinski definition) is 4. The van der Waals surface area contributed by atoms with Crippen LogP contribution in [0.15, 0.2) is 48.5 Å². The molecule has 0 bridgehead atoms. The van der Waals surface area contributed by atoms with Crippen molar-refractivity contribution in [2.75, 3.05) is 0 Å². The molecule has 0 aromatic heterocycles. The van der Waals surface area contributed by atoms with Crippen molar-refractivity contribution >= 4 is 34.7 Å². The molecule has 83 heavy (non-hydrogen) atoms. The predicted molar refractivity (Wildman–Crippen MR) is 345 cm³/mol. The Hall–Kier alpha value is -3.06. The van der Waals surface area contributed by atoms with Crippen LogP contribution in [0.4, 0.5) is 0 Å². The van der Waals surface area contributed by atoms with Crippen LogP contribution in [0.1, 0.15) is 284 Å². The first-order valence-electron chi connectivity index (χ1n) is 30.7. The minimum Gasteiger partial charge on any atom is -2.00 e. The van der Waals surface area contributed by atoms with Crippen molar-refractivity contribution < 1.29 is 25.9 Å². The number of benzene rings is 4. The van der Waals surface area contributed by atoms with Crippen LogP contribution in [0, 0.1) is 0 Å². The summed E-state index contributed by atoms with van der Waals surface area (Å²) < 4.78 is 0. The molecule has 0 spiro atoms. The first kappa shape index (κ1) is 76.0. The first-order chi connectivity index (χ1) is 36.4. The summed E-state index contributed by atoms with van der Waals surface area (Å²) in [5.41, 5.74) is 10.9. The average molecular weight is 1170 g/mol. The second-order valence-corrected chi connectivity index (χ2v) is 32.6. The maximum atomic E-state index is 13.5. The monoisotopic (exact) mass is 1170 g/mol. The molecular weight excluding hydrogens is 1050 g/mol. The number of rotatable bonds is 12. The van der Waals surface area contributed by atoms with Crippen LogP contribution in [0.3, 0.4) is 0 Å². The van der Waals surface area contributed by atoms with E-state index in [0.717, 1.165) is 70.2 Å². The molecule has 11 heteroatoms. The van der Waals surface area contributed by atoms with E-state index in [4.69, 9.17) is 0 Å². The molecule has 2 fully saturated rings. The third-order valence-electron chi connectivity index (χ3n) is 17.1. The van der Waals surface area contributed by atoms with Crippen LogP contribution in [0.25, 0.3) is 0 Å². The van der Waals surface area contributed by atoms with E-state index in [9.17, 15) is 20.4 Å². The molecule has 2 aliphatic carbocycles. The smallest absolute Gasteiger partial charge is 2.00 e. The van der Waals surface area contributed by atoms with Gasteiger partial charge < -0.3 is 47.2 Å². The van der Waals surface area contributed by atoms with Crippen LogP contribution < -0.4 is 41.7 Å². The Balaban J connectivity index is 0.000000547. The van der Waals surface area contributed by atoms with Gasteiger partial charge in [-0.25, -0.2) is 0 Å². The standard InChI is InChI=1S/2C36H58N2O2.2Al.O/c2*1-33(2,3)25-17-23(31(39)27(19-25)35(7,8)9)21-37-29-15-13-14-16-30(29)38-22-24-18-26(34(4,5)6)20-28(32(24)40)36(10,11)12;;;/h2*17-20,29-30,37-40H,13-16,21-22H2,1-12H3;;;/q;;2*+3;-2/p-4/t2*29-,30-;;;/m11.../s1. The summed E-state index contributed by atoms with van der Waals surface area (Å²) >= 11 is 0. The van der Waals surface area contributed by atoms with E-state index in [1.807, 2.05) is 0 Å². The fourth-order valence-electron chi connectivity index (χ4n) is 11.4. The van der Waals surface area contributed by atoms with Gasteiger partial charge in [0.15, 0.2) is 0 Å². The Morgan fingerprint density at radius 2 is 0.446 bits per heavy atom. The average Bonchev–Trinajstić information content (AvgIpc) is 3.30. The van der Waals surface area contributed by atoms with Crippen molar-refractivity contribution in [2.24, 2.45) is 0 Å². The zero-order chi connectivity index (χ0) is 60.5. The van der Waals surface area contributed by atoms with Gasteiger partial charge in [-0.2, -0.15) is 0 Å². The van der Waals surface area contributed by atoms with Gasteiger partial charge in [-0.1, -0.05) is 240 Å².